The highest BCUT2D eigenvalue weighted by molar-refractivity contribution is 5.97. The number of hydrogen-bond acceptors (Lipinski definition) is 7. The van der Waals surface area contributed by atoms with Crippen molar-refractivity contribution in [2.24, 2.45) is 0 Å². The average Bonchev–Trinajstić information content (AvgIpc) is 3.28. The number of nitrogens with zero attached hydrogens (tertiary/aromatic N) is 3. The number of anilines is 2. The highest BCUT2D eigenvalue weighted by Crippen LogP contribution is 2.33. The first kappa shape index (κ1) is 25.4. The van der Waals surface area contributed by atoms with Gasteiger partial charge in [0.2, 0.25) is 5.91 Å². The molecule has 0 unspecified atom stereocenters. The summed E-state index contributed by atoms with van der Waals surface area (Å²) < 4.78 is 15.8. The SMILES string of the molecule is COc1ccc(N2CCN(CCNC(=O)N[C@H]3CC(=O)N(c4ccc(OC)c(OC)c4)C3)CC2)cc1. The van der Waals surface area contributed by atoms with E-state index in [0.717, 1.165) is 44.2 Å². The maximum absolute atomic E-state index is 12.6. The van der Waals surface area contributed by atoms with E-state index in [1.54, 1.807) is 38.4 Å². The molecule has 0 aliphatic carbocycles. The van der Waals surface area contributed by atoms with Crippen LogP contribution in [0.5, 0.6) is 17.2 Å². The lowest BCUT2D eigenvalue weighted by molar-refractivity contribution is -0.117. The van der Waals surface area contributed by atoms with Crippen LogP contribution in [0.3, 0.4) is 0 Å². The summed E-state index contributed by atoms with van der Waals surface area (Å²) in [7, 11) is 4.80. The Hall–Kier alpha value is -3.66. The first-order valence-corrected chi connectivity index (χ1v) is 12.2. The van der Waals surface area contributed by atoms with Crippen LogP contribution in [0.15, 0.2) is 42.5 Å². The molecule has 36 heavy (non-hydrogen) atoms. The molecule has 2 saturated heterocycles. The van der Waals surface area contributed by atoms with Gasteiger partial charge in [0.25, 0.3) is 0 Å². The summed E-state index contributed by atoms with van der Waals surface area (Å²) in [4.78, 5) is 31.4. The van der Waals surface area contributed by atoms with Gasteiger partial charge in [0.05, 0.1) is 27.4 Å². The van der Waals surface area contributed by atoms with Gasteiger partial charge in [-0.25, -0.2) is 4.79 Å². The van der Waals surface area contributed by atoms with E-state index in [1.165, 1.54) is 5.69 Å². The molecule has 2 N–H and O–H groups in total. The lowest BCUT2D eigenvalue weighted by Crippen LogP contribution is -2.50. The zero-order chi connectivity index (χ0) is 25.5. The van der Waals surface area contributed by atoms with Gasteiger partial charge in [-0.1, -0.05) is 0 Å². The normalized spacial score (nSPS) is 18.2. The monoisotopic (exact) mass is 497 g/mol. The average molecular weight is 498 g/mol. The zero-order valence-electron chi connectivity index (χ0n) is 21.2. The molecule has 2 heterocycles. The Labute approximate surface area is 212 Å². The minimum absolute atomic E-state index is 0.0396. The van der Waals surface area contributed by atoms with Crippen LogP contribution in [-0.2, 0) is 4.79 Å². The summed E-state index contributed by atoms with van der Waals surface area (Å²) in [6.07, 6.45) is 0.259. The summed E-state index contributed by atoms with van der Waals surface area (Å²) in [5.74, 6) is 1.98. The molecule has 2 aliphatic heterocycles. The van der Waals surface area contributed by atoms with Gasteiger partial charge in [-0.15, -0.1) is 0 Å². The van der Waals surface area contributed by atoms with E-state index in [9.17, 15) is 9.59 Å². The predicted molar refractivity (Wildman–Crippen MR) is 138 cm³/mol. The minimum atomic E-state index is -0.251. The second-order valence-corrected chi connectivity index (χ2v) is 8.87. The van der Waals surface area contributed by atoms with Gasteiger partial charge in [-0.05, 0) is 36.4 Å². The molecule has 0 radical (unpaired) electrons. The molecule has 0 spiro atoms. The number of carbonyl (C=O) groups is 2. The van der Waals surface area contributed by atoms with E-state index in [-0.39, 0.29) is 24.4 Å². The summed E-state index contributed by atoms with van der Waals surface area (Å²) >= 11 is 0. The van der Waals surface area contributed by atoms with Crippen molar-refractivity contribution in [1.82, 2.24) is 15.5 Å². The molecule has 194 valence electrons. The number of rotatable bonds is 9. The van der Waals surface area contributed by atoms with Crippen molar-refractivity contribution in [3.05, 3.63) is 42.5 Å². The summed E-state index contributed by atoms with van der Waals surface area (Å²) in [6.45, 7) is 5.50. The molecule has 10 heteroatoms. The van der Waals surface area contributed by atoms with Gasteiger partial charge in [0.1, 0.15) is 5.75 Å². The fourth-order valence-electron chi connectivity index (χ4n) is 4.63. The second kappa shape index (κ2) is 11.9. The summed E-state index contributed by atoms with van der Waals surface area (Å²) in [6, 6.07) is 13.0. The first-order chi connectivity index (χ1) is 17.5. The molecular weight excluding hydrogens is 462 g/mol. The summed E-state index contributed by atoms with van der Waals surface area (Å²) in [5, 5.41) is 5.86. The van der Waals surface area contributed by atoms with Crippen LogP contribution >= 0.6 is 0 Å². The molecule has 2 aromatic carbocycles. The molecule has 0 aromatic heterocycles. The highest BCUT2D eigenvalue weighted by atomic mass is 16.5. The van der Waals surface area contributed by atoms with Crippen molar-refractivity contribution >= 4 is 23.3 Å². The van der Waals surface area contributed by atoms with Crippen molar-refractivity contribution in [3.8, 4) is 17.2 Å². The number of hydrogen-bond donors (Lipinski definition) is 2. The number of benzene rings is 2. The molecule has 4 rings (SSSR count). The molecule has 0 bridgehead atoms. The molecule has 10 nitrogen and oxygen atoms in total. The van der Waals surface area contributed by atoms with Crippen LogP contribution in [0, 0.1) is 0 Å². The van der Waals surface area contributed by atoms with Crippen molar-refractivity contribution in [2.75, 3.05) is 76.9 Å². The standard InChI is InChI=1S/C26H35N5O5/c1-34-22-7-4-20(5-8-22)30-14-12-29(13-15-30)11-10-27-26(33)28-19-16-25(32)31(18-19)21-6-9-23(35-2)24(17-21)36-3/h4-9,17,19H,10-16,18H2,1-3H3,(H2,27,28,33)/t19-/m0/s1. The Bertz CT molecular complexity index is 1040. The Morgan fingerprint density at radius 1 is 0.917 bits per heavy atom. The number of methoxy groups -OCH3 is 3. The number of piperazine rings is 1. The predicted octanol–water partition coefficient (Wildman–Crippen LogP) is 1.94. The number of amides is 3. The van der Waals surface area contributed by atoms with Crippen LogP contribution in [0.4, 0.5) is 16.2 Å². The highest BCUT2D eigenvalue weighted by Gasteiger charge is 2.32. The van der Waals surface area contributed by atoms with Crippen LogP contribution in [0.1, 0.15) is 6.42 Å². The fraction of sp³-hybridized carbons (Fsp3) is 0.462. The Balaban J connectivity index is 1.17. The zero-order valence-corrected chi connectivity index (χ0v) is 21.2. The molecule has 3 amide bonds. The lowest BCUT2D eigenvalue weighted by atomic mass is 10.2. The van der Waals surface area contributed by atoms with E-state index in [1.807, 2.05) is 18.2 Å². The number of ether oxygens (including phenoxy) is 3. The van der Waals surface area contributed by atoms with Gasteiger partial charge in [0.15, 0.2) is 11.5 Å². The second-order valence-electron chi connectivity index (χ2n) is 8.87. The topological polar surface area (TPSA) is 95.6 Å². The smallest absolute Gasteiger partial charge is 0.315 e. The van der Waals surface area contributed by atoms with Crippen LogP contribution in [-0.4, -0.2) is 90.0 Å². The van der Waals surface area contributed by atoms with Gasteiger partial charge >= 0.3 is 6.03 Å². The van der Waals surface area contributed by atoms with Crippen molar-refractivity contribution in [2.45, 2.75) is 12.5 Å². The molecular formula is C26H35N5O5. The maximum Gasteiger partial charge on any atom is 0.315 e. The third-order valence-electron chi connectivity index (χ3n) is 6.66. The van der Waals surface area contributed by atoms with E-state index < -0.39 is 0 Å². The minimum Gasteiger partial charge on any atom is -0.497 e. The van der Waals surface area contributed by atoms with Crippen LogP contribution in [0.2, 0.25) is 0 Å². The van der Waals surface area contributed by atoms with Gasteiger partial charge in [0, 0.05) is 69.7 Å². The largest absolute Gasteiger partial charge is 0.497 e. The van der Waals surface area contributed by atoms with E-state index in [2.05, 4.69) is 32.6 Å². The van der Waals surface area contributed by atoms with Crippen molar-refractivity contribution < 1.29 is 23.8 Å². The van der Waals surface area contributed by atoms with Crippen LogP contribution < -0.4 is 34.6 Å². The van der Waals surface area contributed by atoms with E-state index >= 15 is 0 Å². The third kappa shape index (κ3) is 6.12. The van der Waals surface area contributed by atoms with E-state index in [4.69, 9.17) is 14.2 Å². The number of nitrogens with one attached hydrogen (secondary N) is 2. The van der Waals surface area contributed by atoms with Crippen molar-refractivity contribution in [3.63, 3.8) is 0 Å². The Morgan fingerprint density at radius 2 is 1.61 bits per heavy atom. The first-order valence-electron chi connectivity index (χ1n) is 12.2. The fourth-order valence-corrected chi connectivity index (χ4v) is 4.63. The van der Waals surface area contributed by atoms with Crippen LogP contribution in [0.25, 0.3) is 0 Å². The quantitative estimate of drug-likeness (QED) is 0.547. The Morgan fingerprint density at radius 3 is 2.28 bits per heavy atom. The summed E-state index contributed by atoms with van der Waals surface area (Å²) in [5.41, 5.74) is 1.91. The lowest BCUT2D eigenvalue weighted by Gasteiger charge is -2.36. The molecule has 0 saturated carbocycles. The molecule has 2 aliphatic rings. The van der Waals surface area contributed by atoms with Gasteiger partial charge in [-0.3, -0.25) is 9.69 Å². The number of urea groups is 1. The molecule has 2 aromatic rings. The van der Waals surface area contributed by atoms with Gasteiger partial charge < -0.3 is 34.6 Å². The van der Waals surface area contributed by atoms with Crippen molar-refractivity contribution in [1.29, 1.82) is 0 Å². The van der Waals surface area contributed by atoms with E-state index in [0.29, 0.717) is 24.6 Å². The molecule has 2 fully saturated rings. The maximum atomic E-state index is 12.6. The Kier molecular flexibility index (Phi) is 8.37. The third-order valence-corrected chi connectivity index (χ3v) is 6.66. The number of carbonyl (C=O) groups excluding carboxylic acids is 2. The molecule has 1 atom stereocenters. The van der Waals surface area contributed by atoms with Gasteiger partial charge in [-0.2, -0.15) is 0 Å².